The SMILES string of the molecule is CCOC(=O)C1(C(=O)OCC)C(C#N)NC(C)=CC1c1ccccc1C(F)(F)F. The van der Waals surface area contributed by atoms with E-state index >= 15 is 0 Å². The predicted octanol–water partition coefficient (Wildman–Crippen LogP) is 3.30. The van der Waals surface area contributed by atoms with Crippen LogP contribution in [0.1, 0.15) is 37.8 Å². The number of alkyl halides is 3. The summed E-state index contributed by atoms with van der Waals surface area (Å²) in [6.07, 6.45) is -3.41. The summed E-state index contributed by atoms with van der Waals surface area (Å²) in [5.74, 6) is -3.67. The lowest BCUT2D eigenvalue weighted by Gasteiger charge is -2.42. The van der Waals surface area contributed by atoms with Gasteiger partial charge in [-0.25, -0.2) is 0 Å². The highest BCUT2D eigenvalue weighted by Gasteiger charge is 2.63. The maximum Gasteiger partial charge on any atom is 0.416 e. The molecule has 6 nitrogen and oxygen atoms in total. The topological polar surface area (TPSA) is 88.4 Å². The second-order valence-corrected chi connectivity index (χ2v) is 6.43. The van der Waals surface area contributed by atoms with Crippen molar-refractivity contribution in [2.24, 2.45) is 5.41 Å². The van der Waals surface area contributed by atoms with Crippen molar-refractivity contribution in [2.45, 2.75) is 38.9 Å². The number of rotatable bonds is 5. The third kappa shape index (κ3) is 3.92. The third-order valence-corrected chi connectivity index (χ3v) is 4.69. The Morgan fingerprint density at radius 3 is 2.21 bits per heavy atom. The molecule has 1 aliphatic heterocycles. The molecule has 2 unspecified atom stereocenters. The summed E-state index contributed by atoms with van der Waals surface area (Å²) < 4.78 is 51.2. The smallest absolute Gasteiger partial charge is 0.416 e. The quantitative estimate of drug-likeness (QED) is 0.592. The highest BCUT2D eigenvalue weighted by atomic mass is 19.4. The van der Waals surface area contributed by atoms with Crippen LogP contribution in [-0.4, -0.2) is 31.2 Å². The molecule has 1 aliphatic rings. The Kier molecular flexibility index (Phi) is 6.57. The van der Waals surface area contributed by atoms with E-state index in [4.69, 9.17) is 9.47 Å². The Balaban J connectivity index is 2.88. The second kappa shape index (κ2) is 8.55. The molecule has 0 saturated heterocycles. The van der Waals surface area contributed by atoms with Crippen molar-refractivity contribution in [3.8, 4) is 6.07 Å². The standard InChI is InChI=1S/C20H21F3N2O4/c1-4-28-17(26)19(18(27)29-5-2)15(10-12(3)25-16(19)11-24)13-8-6-7-9-14(13)20(21,22)23/h6-10,15-16,25H,4-5H2,1-3H3. The molecule has 2 atom stereocenters. The van der Waals surface area contributed by atoms with Gasteiger partial charge < -0.3 is 14.8 Å². The van der Waals surface area contributed by atoms with E-state index in [0.29, 0.717) is 5.70 Å². The van der Waals surface area contributed by atoms with E-state index in [1.54, 1.807) is 0 Å². The van der Waals surface area contributed by atoms with Gasteiger partial charge in [-0.15, -0.1) is 0 Å². The molecule has 0 aromatic heterocycles. The zero-order valence-electron chi connectivity index (χ0n) is 16.2. The fourth-order valence-corrected chi connectivity index (χ4v) is 3.52. The van der Waals surface area contributed by atoms with Gasteiger partial charge in [0, 0.05) is 11.6 Å². The highest BCUT2D eigenvalue weighted by molar-refractivity contribution is 6.03. The summed E-state index contributed by atoms with van der Waals surface area (Å²) in [6.45, 7) is 4.26. The first kappa shape index (κ1) is 22.3. The number of nitriles is 1. The van der Waals surface area contributed by atoms with Crippen LogP contribution in [0.5, 0.6) is 0 Å². The number of hydrogen-bond donors (Lipinski definition) is 1. The minimum atomic E-state index is -4.74. The average molecular weight is 410 g/mol. The number of carbonyl (C=O) groups excluding carboxylic acids is 2. The summed E-state index contributed by atoms with van der Waals surface area (Å²) >= 11 is 0. The maximum atomic E-state index is 13.7. The van der Waals surface area contributed by atoms with E-state index < -0.39 is 41.1 Å². The van der Waals surface area contributed by atoms with Crippen LogP contribution in [0, 0.1) is 16.7 Å². The van der Waals surface area contributed by atoms with Crippen molar-refractivity contribution < 1.29 is 32.2 Å². The van der Waals surface area contributed by atoms with Crippen LogP contribution in [0.2, 0.25) is 0 Å². The Morgan fingerprint density at radius 1 is 1.17 bits per heavy atom. The largest absolute Gasteiger partial charge is 0.465 e. The Bertz CT molecular complexity index is 840. The lowest BCUT2D eigenvalue weighted by Crippen LogP contribution is -2.60. The number of carbonyl (C=O) groups is 2. The lowest BCUT2D eigenvalue weighted by atomic mass is 9.64. The van der Waals surface area contributed by atoms with Crippen LogP contribution in [-0.2, 0) is 25.2 Å². The van der Waals surface area contributed by atoms with Crippen LogP contribution in [0.3, 0.4) is 0 Å². The zero-order valence-corrected chi connectivity index (χ0v) is 16.2. The highest BCUT2D eigenvalue weighted by Crippen LogP contribution is 2.49. The molecule has 9 heteroatoms. The summed E-state index contributed by atoms with van der Waals surface area (Å²) in [4.78, 5) is 26.1. The van der Waals surface area contributed by atoms with Gasteiger partial charge in [0.2, 0.25) is 5.41 Å². The number of allylic oxidation sites excluding steroid dienone is 2. The van der Waals surface area contributed by atoms with Gasteiger partial charge in [-0.05, 0) is 32.4 Å². The van der Waals surface area contributed by atoms with E-state index in [-0.39, 0.29) is 18.8 Å². The number of nitrogens with zero attached hydrogens (tertiary/aromatic N) is 1. The van der Waals surface area contributed by atoms with Gasteiger partial charge in [-0.3, -0.25) is 9.59 Å². The van der Waals surface area contributed by atoms with Gasteiger partial charge >= 0.3 is 18.1 Å². The second-order valence-electron chi connectivity index (χ2n) is 6.43. The van der Waals surface area contributed by atoms with Crippen LogP contribution in [0.25, 0.3) is 0 Å². The molecule has 156 valence electrons. The van der Waals surface area contributed by atoms with Crippen molar-refractivity contribution in [3.05, 3.63) is 47.2 Å². The number of halogens is 3. The van der Waals surface area contributed by atoms with Gasteiger partial charge in [0.15, 0.2) is 0 Å². The van der Waals surface area contributed by atoms with E-state index in [1.165, 1.54) is 45.0 Å². The molecular weight excluding hydrogens is 389 g/mol. The average Bonchev–Trinajstić information content (AvgIpc) is 2.66. The van der Waals surface area contributed by atoms with Gasteiger partial charge in [-0.1, -0.05) is 24.3 Å². The van der Waals surface area contributed by atoms with Gasteiger partial charge in [0.05, 0.1) is 24.8 Å². The zero-order chi connectivity index (χ0) is 21.8. The number of benzene rings is 1. The monoisotopic (exact) mass is 410 g/mol. The fourth-order valence-electron chi connectivity index (χ4n) is 3.52. The molecule has 0 bridgehead atoms. The number of esters is 2. The molecule has 0 saturated carbocycles. The first-order valence-electron chi connectivity index (χ1n) is 8.99. The molecule has 0 aliphatic carbocycles. The van der Waals surface area contributed by atoms with Gasteiger partial charge in [0.1, 0.15) is 6.04 Å². The lowest BCUT2D eigenvalue weighted by molar-refractivity contribution is -0.175. The fraction of sp³-hybridized carbons (Fsp3) is 0.450. The molecule has 0 spiro atoms. The van der Waals surface area contributed by atoms with E-state index in [9.17, 15) is 28.0 Å². The third-order valence-electron chi connectivity index (χ3n) is 4.69. The summed E-state index contributed by atoms with van der Waals surface area (Å²) in [7, 11) is 0. The molecule has 2 rings (SSSR count). The summed E-state index contributed by atoms with van der Waals surface area (Å²) in [6, 6.07) is 4.97. The first-order valence-corrected chi connectivity index (χ1v) is 8.99. The van der Waals surface area contributed by atoms with Gasteiger partial charge in [-0.2, -0.15) is 18.4 Å². The Morgan fingerprint density at radius 2 is 1.72 bits per heavy atom. The minimum absolute atomic E-state index is 0.130. The molecule has 1 heterocycles. The number of nitrogens with one attached hydrogen (secondary N) is 1. The van der Waals surface area contributed by atoms with E-state index in [0.717, 1.165) is 6.07 Å². The van der Waals surface area contributed by atoms with Crippen LogP contribution in [0.4, 0.5) is 13.2 Å². The maximum absolute atomic E-state index is 13.7. The minimum Gasteiger partial charge on any atom is -0.465 e. The molecule has 29 heavy (non-hydrogen) atoms. The molecule has 0 amide bonds. The van der Waals surface area contributed by atoms with E-state index in [2.05, 4.69) is 5.32 Å². The first-order chi connectivity index (χ1) is 13.6. The van der Waals surface area contributed by atoms with Crippen molar-refractivity contribution in [3.63, 3.8) is 0 Å². The molecule has 0 fully saturated rings. The number of hydrogen-bond acceptors (Lipinski definition) is 6. The van der Waals surface area contributed by atoms with Crippen LogP contribution in [0.15, 0.2) is 36.0 Å². The Labute approximate surface area is 166 Å². The Hall–Kier alpha value is -3.02. The molecule has 1 N–H and O–H groups in total. The van der Waals surface area contributed by atoms with Crippen molar-refractivity contribution in [1.82, 2.24) is 5.32 Å². The van der Waals surface area contributed by atoms with Crippen molar-refractivity contribution in [1.29, 1.82) is 5.26 Å². The predicted molar refractivity (Wildman–Crippen MR) is 96.2 cm³/mol. The normalized spacial score (nSPS) is 20.7. The molecule has 0 radical (unpaired) electrons. The van der Waals surface area contributed by atoms with Crippen LogP contribution < -0.4 is 5.32 Å². The number of ether oxygens (including phenoxy) is 2. The molecule has 1 aromatic carbocycles. The van der Waals surface area contributed by atoms with Gasteiger partial charge in [0.25, 0.3) is 0 Å². The van der Waals surface area contributed by atoms with Crippen LogP contribution >= 0.6 is 0 Å². The summed E-state index contributed by atoms with van der Waals surface area (Å²) in [5.41, 5.74) is -3.32. The van der Waals surface area contributed by atoms with Crippen molar-refractivity contribution in [2.75, 3.05) is 13.2 Å². The van der Waals surface area contributed by atoms with Crippen molar-refractivity contribution >= 4 is 11.9 Å². The molecular formula is C20H21F3N2O4. The van der Waals surface area contributed by atoms with E-state index in [1.807, 2.05) is 6.07 Å². The molecule has 1 aromatic rings. The summed E-state index contributed by atoms with van der Waals surface area (Å²) in [5, 5.41) is 12.4.